The molecule has 410 valence electrons. The van der Waals surface area contributed by atoms with Crippen molar-refractivity contribution >= 4 is 19.8 Å². The monoisotopic (exact) mass is 1010 g/mol. The van der Waals surface area contributed by atoms with Crippen molar-refractivity contribution in [1.82, 2.24) is 0 Å². The highest BCUT2D eigenvalue weighted by Crippen LogP contribution is 2.38. The number of quaternary nitrogens is 1. The lowest BCUT2D eigenvalue weighted by Crippen LogP contribution is -2.37. The highest BCUT2D eigenvalue weighted by Gasteiger charge is 2.22. The van der Waals surface area contributed by atoms with Gasteiger partial charge in [-0.2, -0.15) is 0 Å². The zero-order chi connectivity index (χ0) is 51.3. The summed E-state index contributed by atoms with van der Waals surface area (Å²) in [6.45, 7) is 4.17. The standard InChI is InChI=1S/C60H112NO8P/c1-6-8-10-12-14-16-18-20-22-24-25-26-27-28-29-30-31-32-33-34-35-37-39-41-43-45-47-49-51-53-60(63)69-58(57-68-70(64,65)67-55-54-61(3,4)5)56-66-59(62)52-50-48-46-44-42-40-38-36-23-21-19-17-15-13-11-9-7-2/h8,10,14,16,20,22,25-26,58H,6-7,9,11-13,15,17-19,21,23-24,27-57H2,1-5H3/b10-8-,16-14-,22-20-,26-25-. The van der Waals surface area contributed by atoms with Crippen LogP contribution in [-0.4, -0.2) is 70.0 Å². The minimum absolute atomic E-state index is 0.0291. The maximum atomic E-state index is 12.8. The highest BCUT2D eigenvalue weighted by molar-refractivity contribution is 7.45. The van der Waals surface area contributed by atoms with Crippen LogP contribution in [0.5, 0.6) is 0 Å². The Morgan fingerprint density at radius 2 is 0.814 bits per heavy atom. The fourth-order valence-electron chi connectivity index (χ4n) is 8.36. The smallest absolute Gasteiger partial charge is 0.306 e. The third-order valence-electron chi connectivity index (χ3n) is 12.9. The van der Waals surface area contributed by atoms with Crippen molar-refractivity contribution in [3.8, 4) is 0 Å². The van der Waals surface area contributed by atoms with Crippen LogP contribution in [0.15, 0.2) is 48.6 Å². The first-order chi connectivity index (χ1) is 34.0. The second-order valence-corrected chi connectivity index (χ2v) is 22.4. The van der Waals surface area contributed by atoms with Crippen molar-refractivity contribution < 1.29 is 42.1 Å². The largest absolute Gasteiger partial charge is 0.756 e. The molecule has 0 fully saturated rings. The molecule has 70 heavy (non-hydrogen) atoms. The van der Waals surface area contributed by atoms with Gasteiger partial charge in [0.05, 0.1) is 27.7 Å². The van der Waals surface area contributed by atoms with Crippen molar-refractivity contribution in [3.63, 3.8) is 0 Å². The normalized spacial score (nSPS) is 13.6. The van der Waals surface area contributed by atoms with Crippen LogP contribution in [0.25, 0.3) is 0 Å². The van der Waals surface area contributed by atoms with Crippen LogP contribution < -0.4 is 4.89 Å². The van der Waals surface area contributed by atoms with Gasteiger partial charge in [-0.05, 0) is 51.4 Å². The van der Waals surface area contributed by atoms with E-state index in [0.29, 0.717) is 17.4 Å². The Bertz CT molecular complexity index is 1320. The lowest BCUT2D eigenvalue weighted by Gasteiger charge is -2.28. The predicted molar refractivity (Wildman–Crippen MR) is 296 cm³/mol. The maximum Gasteiger partial charge on any atom is 0.306 e. The van der Waals surface area contributed by atoms with E-state index in [0.717, 1.165) is 64.2 Å². The molecule has 0 heterocycles. The third kappa shape index (κ3) is 55.3. The Kier molecular flexibility index (Phi) is 50.4. The van der Waals surface area contributed by atoms with E-state index in [-0.39, 0.29) is 32.0 Å². The van der Waals surface area contributed by atoms with Gasteiger partial charge >= 0.3 is 11.9 Å². The van der Waals surface area contributed by atoms with E-state index in [1.54, 1.807) is 0 Å². The molecule has 0 aromatic rings. The Balaban J connectivity index is 4.09. The Morgan fingerprint density at radius 1 is 0.457 bits per heavy atom. The van der Waals surface area contributed by atoms with Gasteiger partial charge in [0, 0.05) is 12.8 Å². The zero-order valence-electron chi connectivity index (χ0n) is 46.5. The lowest BCUT2D eigenvalue weighted by molar-refractivity contribution is -0.870. The number of hydrogen-bond acceptors (Lipinski definition) is 8. The van der Waals surface area contributed by atoms with E-state index < -0.39 is 26.5 Å². The molecule has 2 atom stereocenters. The van der Waals surface area contributed by atoms with E-state index in [2.05, 4.69) is 62.5 Å². The summed E-state index contributed by atoms with van der Waals surface area (Å²) in [5.74, 6) is -0.820. The molecule has 0 aromatic heterocycles. The van der Waals surface area contributed by atoms with E-state index >= 15 is 0 Å². The lowest BCUT2D eigenvalue weighted by atomic mass is 10.0. The number of hydrogen-bond donors (Lipinski definition) is 0. The number of esters is 2. The first-order valence-electron chi connectivity index (χ1n) is 29.3. The second-order valence-electron chi connectivity index (χ2n) is 21.0. The van der Waals surface area contributed by atoms with E-state index in [4.69, 9.17) is 18.5 Å². The van der Waals surface area contributed by atoms with Crippen LogP contribution in [0.3, 0.4) is 0 Å². The summed E-state index contributed by atoms with van der Waals surface area (Å²) in [5, 5.41) is 0. The number of ether oxygens (including phenoxy) is 2. The molecule has 0 saturated carbocycles. The summed E-state index contributed by atoms with van der Waals surface area (Å²) < 4.78 is 34.2. The molecule has 0 aliphatic rings. The van der Waals surface area contributed by atoms with E-state index in [9.17, 15) is 19.0 Å². The number of carbonyl (C=O) groups is 2. The van der Waals surface area contributed by atoms with Gasteiger partial charge in [0.2, 0.25) is 0 Å². The first-order valence-corrected chi connectivity index (χ1v) is 30.8. The van der Waals surface area contributed by atoms with Crippen LogP contribution in [0.2, 0.25) is 0 Å². The Labute approximate surface area is 433 Å². The van der Waals surface area contributed by atoms with Crippen LogP contribution in [0.4, 0.5) is 0 Å². The SMILES string of the molecule is CC/C=C\C/C=C\C/C=C\C/C=C\CCCCCCCCCCCCCCCCCCC(=O)OC(COC(=O)CCCCCCCCCCCCCCCCCCC)COP(=O)([O-])OCC[N+](C)(C)C. The van der Waals surface area contributed by atoms with Crippen molar-refractivity contribution in [2.24, 2.45) is 0 Å². The number of carbonyl (C=O) groups excluding carboxylic acids is 2. The van der Waals surface area contributed by atoms with Gasteiger partial charge in [-0.3, -0.25) is 14.2 Å². The molecule has 0 spiro atoms. The fourth-order valence-corrected chi connectivity index (χ4v) is 9.08. The molecule has 0 bridgehead atoms. The number of phosphoric acid groups is 1. The summed E-state index contributed by atoms with van der Waals surface area (Å²) in [6.07, 6.45) is 64.4. The Hall–Kier alpha value is -2.03. The van der Waals surface area contributed by atoms with Crippen LogP contribution in [-0.2, 0) is 32.7 Å². The summed E-state index contributed by atoms with van der Waals surface area (Å²) in [6, 6.07) is 0. The van der Waals surface area contributed by atoms with Crippen molar-refractivity contribution in [2.45, 2.75) is 277 Å². The van der Waals surface area contributed by atoms with Crippen molar-refractivity contribution in [2.75, 3.05) is 47.5 Å². The number of allylic oxidation sites excluding steroid dienone is 8. The topological polar surface area (TPSA) is 111 Å². The van der Waals surface area contributed by atoms with Gasteiger partial charge in [-0.1, -0.05) is 255 Å². The predicted octanol–water partition coefficient (Wildman–Crippen LogP) is 17.5. The molecule has 2 unspecified atom stereocenters. The molecule has 0 rings (SSSR count). The summed E-state index contributed by atoms with van der Waals surface area (Å²) >= 11 is 0. The van der Waals surface area contributed by atoms with Crippen LogP contribution in [0.1, 0.15) is 271 Å². The van der Waals surface area contributed by atoms with E-state index in [1.165, 1.54) is 173 Å². The maximum absolute atomic E-state index is 12.8. The fraction of sp³-hybridized carbons (Fsp3) is 0.833. The first kappa shape index (κ1) is 68.0. The average molecular weight is 1010 g/mol. The van der Waals surface area contributed by atoms with Gasteiger partial charge < -0.3 is 27.9 Å². The van der Waals surface area contributed by atoms with Gasteiger partial charge in [0.15, 0.2) is 6.10 Å². The van der Waals surface area contributed by atoms with E-state index in [1.807, 2.05) is 21.1 Å². The summed E-state index contributed by atoms with van der Waals surface area (Å²) in [7, 11) is 1.18. The summed E-state index contributed by atoms with van der Waals surface area (Å²) in [5.41, 5.74) is 0. The second kappa shape index (κ2) is 51.9. The summed E-state index contributed by atoms with van der Waals surface area (Å²) in [4.78, 5) is 37.9. The van der Waals surface area contributed by atoms with Gasteiger partial charge in [-0.25, -0.2) is 0 Å². The average Bonchev–Trinajstić information content (AvgIpc) is 3.32. The molecule has 0 aliphatic carbocycles. The van der Waals surface area contributed by atoms with Gasteiger partial charge in [-0.15, -0.1) is 0 Å². The van der Waals surface area contributed by atoms with Crippen LogP contribution >= 0.6 is 7.82 Å². The van der Waals surface area contributed by atoms with Gasteiger partial charge in [0.1, 0.15) is 19.8 Å². The van der Waals surface area contributed by atoms with Crippen LogP contribution in [0, 0.1) is 0 Å². The highest BCUT2D eigenvalue weighted by atomic mass is 31.2. The molecule has 0 aromatic carbocycles. The number of likely N-dealkylation sites (N-methyl/N-ethyl adjacent to an activating group) is 1. The minimum atomic E-state index is -4.63. The number of unbranched alkanes of at least 4 members (excludes halogenated alkanes) is 32. The zero-order valence-corrected chi connectivity index (χ0v) is 47.4. The number of nitrogens with zero attached hydrogens (tertiary/aromatic N) is 1. The minimum Gasteiger partial charge on any atom is -0.756 e. The quantitative estimate of drug-likeness (QED) is 0.0195. The number of rotatable bonds is 54. The van der Waals surface area contributed by atoms with Crippen molar-refractivity contribution in [1.29, 1.82) is 0 Å². The molecular weight excluding hydrogens is 894 g/mol. The third-order valence-corrected chi connectivity index (χ3v) is 13.8. The molecule has 0 N–H and O–H groups in total. The van der Waals surface area contributed by atoms with Gasteiger partial charge in [0.25, 0.3) is 7.82 Å². The van der Waals surface area contributed by atoms with Crippen molar-refractivity contribution in [3.05, 3.63) is 48.6 Å². The number of phosphoric ester groups is 1. The molecule has 10 heteroatoms. The Morgan fingerprint density at radius 3 is 1.21 bits per heavy atom. The molecule has 0 radical (unpaired) electrons. The molecular formula is C60H112NO8P. The molecule has 0 aliphatic heterocycles. The molecule has 0 amide bonds. The molecule has 0 saturated heterocycles. The molecule has 9 nitrogen and oxygen atoms in total.